The molecule has 2 atom stereocenters. The number of allylic oxidation sites excluding steroid dienone is 6. The maximum absolute atomic E-state index is 5.14. The van der Waals surface area contributed by atoms with Crippen molar-refractivity contribution in [2.45, 2.75) is 45.1 Å². The number of aromatic nitrogens is 3. The molecular weight excluding hydrogens is 587 g/mol. The minimum absolute atomic E-state index is 0.224. The molecule has 0 fully saturated rings. The first-order valence-electron chi connectivity index (χ1n) is 16.8. The van der Waals surface area contributed by atoms with Gasteiger partial charge in [0.2, 0.25) is 0 Å². The Bertz CT molecular complexity index is 2150. The van der Waals surface area contributed by atoms with Gasteiger partial charge in [0.25, 0.3) is 0 Å². The normalized spacial score (nSPS) is 18.3. The molecule has 4 aromatic carbocycles. The smallest absolute Gasteiger partial charge is 0.164 e. The summed E-state index contributed by atoms with van der Waals surface area (Å²) >= 11 is 0. The quantitative estimate of drug-likeness (QED) is 0.205. The van der Waals surface area contributed by atoms with E-state index < -0.39 is 0 Å². The Morgan fingerprint density at radius 2 is 1.42 bits per heavy atom. The van der Waals surface area contributed by atoms with Crippen LogP contribution in [0.4, 0.5) is 0 Å². The van der Waals surface area contributed by atoms with Crippen molar-refractivity contribution in [1.82, 2.24) is 20.3 Å². The molecule has 0 bridgehead atoms. The average Bonchev–Trinajstić information content (AvgIpc) is 3.14. The largest absolute Gasteiger partial charge is 0.364 e. The zero-order chi connectivity index (χ0) is 32.5. The number of rotatable bonds is 6. The van der Waals surface area contributed by atoms with Gasteiger partial charge >= 0.3 is 0 Å². The van der Waals surface area contributed by atoms with Gasteiger partial charge in [-0.3, -0.25) is 0 Å². The van der Waals surface area contributed by atoms with Crippen molar-refractivity contribution in [2.24, 2.45) is 4.99 Å². The van der Waals surface area contributed by atoms with Crippen molar-refractivity contribution < 1.29 is 0 Å². The molecule has 2 heterocycles. The predicted molar refractivity (Wildman–Crippen MR) is 197 cm³/mol. The molecule has 0 saturated heterocycles. The van der Waals surface area contributed by atoms with Gasteiger partial charge < -0.3 is 5.32 Å². The highest BCUT2D eigenvalue weighted by Gasteiger charge is 2.22. The van der Waals surface area contributed by atoms with Gasteiger partial charge in [0.05, 0.1) is 0 Å². The fourth-order valence-electron chi connectivity index (χ4n) is 6.89. The molecule has 0 radical (unpaired) electrons. The number of nitrogens with one attached hydrogen (secondary N) is 1. The maximum Gasteiger partial charge on any atom is 0.164 e. The molecule has 5 nitrogen and oxygen atoms in total. The summed E-state index contributed by atoms with van der Waals surface area (Å²) in [6.07, 6.45) is 15.9. The first-order chi connectivity index (χ1) is 23.6. The zero-order valence-corrected chi connectivity index (χ0v) is 27.3. The van der Waals surface area contributed by atoms with Crippen LogP contribution in [0.2, 0.25) is 0 Å². The monoisotopic (exact) mass is 623 g/mol. The second-order valence-corrected chi connectivity index (χ2v) is 12.8. The van der Waals surface area contributed by atoms with Gasteiger partial charge in [0, 0.05) is 34.3 Å². The molecule has 234 valence electrons. The SMILES string of the molecule is CC1=CC(C)NC(c2ccc(-c3cc(-c4nc(C5=CC=CCC5)nc(-c5ccccc5)n4)cc(C4CC=Cc5ccccc54)c3)cc2)=N1. The third-order valence-electron chi connectivity index (χ3n) is 9.26. The van der Waals surface area contributed by atoms with Crippen molar-refractivity contribution in [3.63, 3.8) is 0 Å². The van der Waals surface area contributed by atoms with E-state index in [4.69, 9.17) is 19.9 Å². The van der Waals surface area contributed by atoms with Crippen LogP contribution in [0.1, 0.15) is 67.1 Å². The molecule has 1 aliphatic heterocycles. The first kappa shape index (κ1) is 29.7. The molecule has 3 aliphatic rings. The molecule has 2 unspecified atom stereocenters. The summed E-state index contributed by atoms with van der Waals surface area (Å²) in [5.74, 6) is 3.25. The summed E-state index contributed by atoms with van der Waals surface area (Å²) in [5.41, 5.74) is 11.3. The van der Waals surface area contributed by atoms with Crippen LogP contribution in [0, 0.1) is 0 Å². The highest BCUT2D eigenvalue weighted by Crippen LogP contribution is 2.39. The molecule has 0 saturated carbocycles. The Kier molecular flexibility index (Phi) is 7.95. The summed E-state index contributed by atoms with van der Waals surface area (Å²) in [7, 11) is 0. The minimum Gasteiger partial charge on any atom is -0.364 e. The van der Waals surface area contributed by atoms with Gasteiger partial charge in [-0.1, -0.05) is 115 Å². The lowest BCUT2D eigenvalue weighted by Gasteiger charge is -2.24. The van der Waals surface area contributed by atoms with Crippen LogP contribution in [-0.2, 0) is 0 Å². The maximum atomic E-state index is 5.14. The number of nitrogens with zero attached hydrogens (tertiary/aromatic N) is 4. The fourth-order valence-corrected chi connectivity index (χ4v) is 6.89. The van der Waals surface area contributed by atoms with Crippen molar-refractivity contribution in [3.05, 3.63) is 161 Å². The topological polar surface area (TPSA) is 63.1 Å². The van der Waals surface area contributed by atoms with E-state index in [-0.39, 0.29) is 12.0 Å². The Labute approximate surface area is 282 Å². The van der Waals surface area contributed by atoms with E-state index in [0.29, 0.717) is 11.6 Å². The summed E-state index contributed by atoms with van der Waals surface area (Å²) in [6.45, 7) is 4.20. The number of amidine groups is 1. The molecule has 5 heteroatoms. The Morgan fingerprint density at radius 1 is 0.688 bits per heavy atom. The first-order valence-corrected chi connectivity index (χ1v) is 16.8. The molecule has 2 aliphatic carbocycles. The van der Waals surface area contributed by atoms with E-state index in [2.05, 4.69) is 134 Å². The van der Waals surface area contributed by atoms with Gasteiger partial charge in [0.1, 0.15) is 5.84 Å². The zero-order valence-electron chi connectivity index (χ0n) is 27.3. The van der Waals surface area contributed by atoms with Crippen LogP contribution in [-0.4, -0.2) is 26.8 Å². The number of hydrogen-bond acceptors (Lipinski definition) is 5. The van der Waals surface area contributed by atoms with Gasteiger partial charge in [-0.05, 0) is 84.7 Å². The molecule has 1 N–H and O–H groups in total. The van der Waals surface area contributed by atoms with Gasteiger partial charge in [-0.15, -0.1) is 0 Å². The van der Waals surface area contributed by atoms with E-state index in [1.54, 1.807) is 0 Å². The Balaban J connectivity index is 1.28. The molecule has 0 spiro atoms. The Hall–Kier alpha value is -5.68. The Morgan fingerprint density at radius 3 is 2.21 bits per heavy atom. The molecule has 1 aromatic heterocycles. The number of aliphatic imine (C=N–C) groups is 1. The van der Waals surface area contributed by atoms with E-state index in [1.807, 2.05) is 18.2 Å². The van der Waals surface area contributed by atoms with Gasteiger partial charge in [-0.25, -0.2) is 19.9 Å². The van der Waals surface area contributed by atoms with E-state index in [1.165, 1.54) is 16.7 Å². The average molecular weight is 624 g/mol. The van der Waals surface area contributed by atoms with E-state index in [0.717, 1.165) is 70.0 Å². The molecule has 0 amide bonds. The lowest BCUT2D eigenvalue weighted by molar-refractivity contribution is 0.778. The molecular formula is C43H37N5. The number of fused-ring (bicyclic) bond motifs is 1. The van der Waals surface area contributed by atoms with E-state index >= 15 is 0 Å². The lowest BCUT2D eigenvalue weighted by Crippen LogP contribution is -2.34. The van der Waals surface area contributed by atoms with Crippen molar-refractivity contribution in [2.75, 3.05) is 0 Å². The summed E-state index contributed by atoms with van der Waals surface area (Å²) in [6, 6.07) is 34.8. The van der Waals surface area contributed by atoms with Crippen LogP contribution in [0.5, 0.6) is 0 Å². The van der Waals surface area contributed by atoms with Crippen LogP contribution < -0.4 is 5.32 Å². The van der Waals surface area contributed by atoms with Crippen molar-refractivity contribution in [3.8, 4) is 33.9 Å². The van der Waals surface area contributed by atoms with E-state index in [9.17, 15) is 0 Å². The molecule has 8 rings (SSSR count). The minimum atomic E-state index is 0.224. The second kappa shape index (κ2) is 12.8. The third-order valence-corrected chi connectivity index (χ3v) is 9.26. The van der Waals surface area contributed by atoms with Gasteiger partial charge in [0.15, 0.2) is 17.5 Å². The summed E-state index contributed by atoms with van der Waals surface area (Å²) in [5, 5.41) is 3.50. The molecule has 48 heavy (non-hydrogen) atoms. The number of benzene rings is 4. The van der Waals surface area contributed by atoms with Crippen LogP contribution in [0.25, 0.3) is 45.6 Å². The van der Waals surface area contributed by atoms with Crippen LogP contribution >= 0.6 is 0 Å². The standard InChI is InChI=1S/C43H37N5/c1-28-24-29(2)45-40(44-28)34-22-20-30(21-23-34)35-25-36(39-19-11-17-31-12-9-10-18-38(31)39)27-37(26-35)43-47-41(32-13-5-3-6-14-32)46-42(48-43)33-15-7-4-8-16-33/h3-7,9-15,17-18,20-28,39H,8,16,19H2,1-2H3,(H,44,45). The third kappa shape index (κ3) is 6.07. The lowest BCUT2D eigenvalue weighted by atomic mass is 9.81. The highest BCUT2D eigenvalue weighted by molar-refractivity contribution is 6.00. The summed E-state index contributed by atoms with van der Waals surface area (Å²) in [4.78, 5) is 20.0. The van der Waals surface area contributed by atoms with Crippen molar-refractivity contribution >= 4 is 17.5 Å². The molecule has 5 aromatic rings. The highest BCUT2D eigenvalue weighted by atomic mass is 15.0. The van der Waals surface area contributed by atoms with Crippen molar-refractivity contribution in [1.29, 1.82) is 0 Å². The predicted octanol–water partition coefficient (Wildman–Crippen LogP) is 9.80. The fraction of sp³-hybridized carbons (Fsp3) is 0.163. The number of hydrogen-bond donors (Lipinski definition) is 1. The van der Waals surface area contributed by atoms with Gasteiger partial charge in [-0.2, -0.15) is 0 Å². The van der Waals surface area contributed by atoms with Crippen LogP contribution in [0.3, 0.4) is 0 Å². The summed E-state index contributed by atoms with van der Waals surface area (Å²) < 4.78 is 0. The van der Waals surface area contributed by atoms with Crippen LogP contribution in [0.15, 0.2) is 138 Å². The second-order valence-electron chi connectivity index (χ2n) is 12.8.